The van der Waals surface area contributed by atoms with Gasteiger partial charge in [-0.05, 0) is 31.0 Å². The molecule has 0 saturated heterocycles. The highest BCUT2D eigenvalue weighted by atomic mass is 16.6. The van der Waals surface area contributed by atoms with Crippen LogP contribution in [0.1, 0.15) is 36.0 Å². The van der Waals surface area contributed by atoms with E-state index in [1.54, 1.807) is 7.11 Å². The summed E-state index contributed by atoms with van der Waals surface area (Å²) in [5.41, 5.74) is 7.95. The molecule has 162 valence electrons. The van der Waals surface area contributed by atoms with Gasteiger partial charge in [-0.3, -0.25) is 0 Å². The summed E-state index contributed by atoms with van der Waals surface area (Å²) < 4.78 is 18.7. The number of aliphatic hydroxyl groups is 1. The molecule has 31 heavy (non-hydrogen) atoms. The van der Waals surface area contributed by atoms with Gasteiger partial charge in [-0.2, -0.15) is 5.10 Å². The Kier molecular flexibility index (Phi) is 5.25. The highest BCUT2D eigenvalue weighted by Gasteiger charge is 2.35. The molecule has 0 radical (unpaired) electrons. The highest BCUT2D eigenvalue weighted by molar-refractivity contribution is 5.49. The van der Waals surface area contributed by atoms with Crippen molar-refractivity contribution in [2.75, 3.05) is 20.3 Å². The Morgan fingerprint density at radius 2 is 1.94 bits per heavy atom. The van der Waals surface area contributed by atoms with Crippen LogP contribution in [0.3, 0.4) is 0 Å². The maximum absolute atomic E-state index is 10.2. The van der Waals surface area contributed by atoms with E-state index >= 15 is 0 Å². The Labute approximate surface area is 180 Å². The predicted octanol–water partition coefficient (Wildman–Crippen LogP) is 2.20. The molecule has 0 spiro atoms. The fraction of sp³-hybridized carbons (Fsp3) is 0.391. The average Bonchev–Trinajstić information content (AvgIpc) is 3.36. The van der Waals surface area contributed by atoms with Crippen molar-refractivity contribution in [3.63, 3.8) is 0 Å². The van der Waals surface area contributed by atoms with E-state index in [9.17, 15) is 5.11 Å². The first kappa shape index (κ1) is 19.8. The maximum Gasteiger partial charge on any atom is 0.163 e. The molecule has 1 fully saturated rings. The Hall–Kier alpha value is -3.10. The second-order valence-corrected chi connectivity index (χ2v) is 8.01. The van der Waals surface area contributed by atoms with Crippen molar-refractivity contribution < 1.29 is 19.3 Å². The first-order valence-corrected chi connectivity index (χ1v) is 10.5. The number of ether oxygens (including phenoxy) is 3. The van der Waals surface area contributed by atoms with Crippen LogP contribution < -0.4 is 19.9 Å². The van der Waals surface area contributed by atoms with Crippen LogP contribution in [0.25, 0.3) is 5.69 Å². The average molecular weight is 422 g/mol. The molecule has 1 aliphatic carbocycles. The van der Waals surface area contributed by atoms with E-state index in [1.165, 1.54) is 0 Å². The van der Waals surface area contributed by atoms with E-state index in [4.69, 9.17) is 30.0 Å². The lowest BCUT2D eigenvalue weighted by Crippen LogP contribution is -2.28. The zero-order chi connectivity index (χ0) is 21.4. The first-order chi connectivity index (χ1) is 15.1. The van der Waals surface area contributed by atoms with Crippen molar-refractivity contribution in [2.45, 2.75) is 37.3 Å². The van der Waals surface area contributed by atoms with Crippen LogP contribution in [0.4, 0.5) is 0 Å². The summed E-state index contributed by atoms with van der Waals surface area (Å²) >= 11 is 0. The third kappa shape index (κ3) is 3.84. The van der Waals surface area contributed by atoms with Crippen molar-refractivity contribution in [1.82, 2.24) is 14.8 Å². The molecule has 2 heterocycles. The Balaban J connectivity index is 1.54. The third-order valence-electron chi connectivity index (χ3n) is 5.93. The van der Waals surface area contributed by atoms with Crippen LogP contribution >= 0.6 is 0 Å². The van der Waals surface area contributed by atoms with Gasteiger partial charge in [0.25, 0.3) is 0 Å². The monoisotopic (exact) mass is 422 g/mol. The quantitative estimate of drug-likeness (QED) is 0.649. The largest absolute Gasteiger partial charge is 0.496 e. The minimum absolute atomic E-state index is 0.0251. The normalized spacial score (nSPS) is 22.5. The van der Waals surface area contributed by atoms with Gasteiger partial charge in [-0.15, -0.1) is 0 Å². The van der Waals surface area contributed by atoms with E-state index in [0.717, 1.165) is 28.6 Å². The molecule has 3 N–H and O–H groups in total. The first-order valence-electron chi connectivity index (χ1n) is 10.5. The van der Waals surface area contributed by atoms with E-state index in [1.807, 2.05) is 47.1 Å². The number of aliphatic hydroxyl groups excluding tert-OH is 1. The van der Waals surface area contributed by atoms with Crippen molar-refractivity contribution in [1.29, 1.82) is 0 Å². The number of para-hydroxylation sites is 1. The molecule has 0 bridgehead atoms. The zero-order valence-electron chi connectivity index (χ0n) is 17.4. The molecule has 1 saturated carbocycles. The van der Waals surface area contributed by atoms with Crippen LogP contribution in [0.15, 0.2) is 42.5 Å². The van der Waals surface area contributed by atoms with Crippen LogP contribution in [0.5, 0.6) is 17.2 Å². The summed E-state index contributed by atoms with van der Waals surface area (Å²) in [5.74, 6) is 3.73. The molecule has 1 aliphatic heterocycles. The van der Waals surface area contributed by atoms with Gasteiger partial charge in [-0.1, -0.05) is 18.2 Å². The van der Waals surface area contributed by atoms with Crippen LogP contribution in [0.2, 0.25) is 0 Å². The molecule has 1 aromatic heterocycles. The van der Waals surface area contributed by atoms with Crippen molar-refractivity contribution >= 4 is 0 Å². The standard InChI is InChI=1S/C23H26N4O4/c1-29-19-5-3-2-4-14(19)12-22-25-23(15-10-17(24)18(28)11-15)27(26-22)16-6-7-20-21(13-16)31-9-8-30-20/h2-7,13,15,17-18,28H,8-12,24H2,1H3/t15-,17+,18+/m0/s1. The zero-order valence-corrected chi connectivity index (χ0v) is 17.4. The Bertz CT molecular complexity index is 1070. The lowest BCUT2D eigenvalue weighted by molar-refractivity contribution is 0.163. The molecule has 2 aliphatic rings. The molecular weight excluding hydrogens is 396 g/mol. The van der Waals surface area contributed by atoms with Gasteiger partial charge < -0.3 is 25.1 Å². The summed E-state index contributed by atoms with van der Waals surface area (Å²) in [4.78, 5) is 4.88. The highest BCUT2D eigenvalue weighted by Crippen LogP contribution is 2.36. The second-order valence-electron chi connectivity index (χ2n) is 8.01. The molecule has 3 aromatic rings. The minimum atomic E-state index is -0.534. The minimum Gasteiger partial charge on any atom is -0.496 e. The van der Waals surface area contributed by atoms with Gasteiger partial charge in [0, 0.05) is 30.0 Å². The smallest absolute Gasteiger partial charge is 0.163 e. The van der Waals surface area contributed by atoms with E-state index < -0.39 is 6.10 Å². The summed E-state index contributed by atoms with van der Waals surface area (Å²) in [7, 11) is 1.66. The lowest BCUT2D eigenvalue weighted by Gasteiger charge is -2.19. The molecule has 3 atom stereocenters. The molecular formula is C23H26N4O4. The maximum atomic E-state index is 10.2. The van der Waals surface area contributed by atoms with Gasteiger partial charge in [0.2, 0.25) is 0 Å². The third-order valence-corrected chi connectivity index (χ3v) is 5.93. The van der Waals surface area contributed by atoms with Crippen molar-refractivity contribution in [3.8, 4) is 22.9 Å². The van der Waals surface area contributed by atoms with Crippen molar-refractivity contribution in [2.24, 2.45) is 5.73 Å². The number of nitrogens with zero attached hydrogens (tertiary/aromatic N) is 3. The van der Waals surface area contributed by atoms with Gasteiger partial charge in [-0.25, -0.2) is 9.67 Å². The SMILES string of the molecule is COc1ccccc1Cc1nc([C@H]2C[C@@H](N)[C@H](O)C2)n(-c2ccc3c(c2)OCCO3)n1. The van der Waals surface area contributed by atoms with E-state index in [0.29, 0.717) is 44.1 Å². The number of fused-ring (bicyclic) bond motifs is 1. The number of aromatic nitrogens is 3. The van der Waals surface area contributed by atoms with E-state index in [2.05, 4.69) is 0 Å². The number of rotatable bonds is 5. The number of hydrogen-bond donors (Lipinski definition) is 2. The van der Waals surface area contributed by atoms with Gasteiger partial charge in [0.1, 0.15) is 24.8 Å². The molecule has 8 heteroatoms. The van der Waals surface area contributed by atoms with Gasteiger partial charge in [0.15, 0.2) is 17.3 Å². The number of nitrogens with two attached hydrogens (primary N) is 1. The molecule has 0 unspecified atom stereocenters. The van der Waals surface area contributed by atoms with Crippen LogP contribution in [-0.4, -0.2) is 52.3 Å². The fourth-order valence-corrected chi connectivity index (χ4v) is 4.34. The number of methoxy groups -OCH3 is 1. The Morgan fingerprint density at radius 1 is 1.13 bits per heavy atom. The summed E-state index contributed by atoms with van der Waals surface area (Å²) in [6, 6.07) is 13.4. The van der Waals surface area contributed by atoms with Crippen LogP contribution in [-0.2, 0) is 6.42 Å². The summed E-state index contributed by atoms with van der Waals surface area (Å²) in [6.07, 6.45) is 1.24. The lowest BCUT2D eigenvalue weighted by atomic mass is 10.1. The predicted molar refractivity (Wildman–Crippen MR) is 114 cm³/mol. The molecule has 2 aromatic carbocycles. The number of hydrogen-bond acceptors (Lipinski definition) is 7. The van der Waals surface area contributed by atoms with Crippen LogP contribution in [0, 0.1) is 0 Å². The van der Waals surface area contributed by atoms with Gasteiger partial charge >= 0.3 is 0 Å². The molecule has 8 nitrogen and oxygen atoms in total. The van der Waals surface area contributed by atoms with Crippen molar-refractivity contribution in [3.05, 3.63) is 59.7 Å². The summed E-state index contributed by atoms with van der Waals surface area (Å²) in [6.45, 7) is 1.06. The summed E-state index contributed by atoms with van der Waals surface area (Å²) in [5, 5.41) is 15.0. The molecule has 0 amide bonds. The fourth-order valence-electron chi connectivity index (χ4n) is 4.34. The Morgan fingerprint density at radius 3 is 2.71 bits per heavy atom. The topological polar surface area (TPSA) is 105 Å². The number of benzene rings is 2. The molecule has 5 rings (SSSR count). The van der Waals surface area contributed by atoms with E-state index in [-0.39, 0.29) is 12.0 Å². The second kappa shape index (κ2) is 8.20. The van der Waals surface area contributed by atoms with Gasteiger partial charge in [0.05, 0.1) is 18.9 Å².